The predicted octanol–water partition coefficient (Wildman–Crippen LogP) is 5.68. The van der Waals surface area contributed by atoms with Gasteiger partial charge in [0.1, 0.15) is 0 Å². The maximum absolute atomic E-state index is 6.70. The van der Waals surface area contributed by atoms with Crippen LogP contribution in [0.3, 0.4) is 0 Å². The van der Waals surface area contributed by atoms with Gasteiger partial charge in [0.2, 0.25) is 0 Å². The molecule has 4 rings (SSSR count). The van der Waals surface area contributed by atoms with Crippen LogP contribution < -0.4 is 5.73 Å². The van der Waals surface area contributed by atoms with Gasteiger partial charge in [0, 0.05) is 35.3 Å². The lowest BCUT2D eigenvalue weighted by atomic mass is 9.93. The highest BCUT2D eigenvalue weighted by Crippen LogP contribution is 2.46. The quantitative estimate of drug-likeness (QED) is 0.623. The largest absolute Gasteiger partial charge is 0.397 e. The van der Waals surface area contributed by atoms with E-state index in [1.165, 1.54) is 0 Å². The molecular formula is C25H29ClN4. The van der Waals surface area contributed by atoms with E-state index >= 15 is 0 Å². The summed E-state index contributed by atoms with van der Waals surface area (Å²) in [5, 5.41) is 0.714. The Morgan fingerprint density at radius 2 is 1.87 bits per heavy atom. The van der Waals surface area contributed by atoms with E-state index in [0.717, 1.165) is 64.5 Å². The Morgan fingerprint density at radius 1 is 1.20 bits per heavy atom. The van der Waals surface area contributed by atoms with Crippen LogP contribution in [0.25, 0.3) is 0 Å². The zero-order valence-corrected chi connectivity index (χ0v) is 18.7. The first-order valence-electron chi connectivity index (χ1n) is 10.4. The predicted molar refractivity (Wildman–Crippen MR) is 126 cm³/mol. The van der Waals surface area contributed by atoms with Crippen molar-refractivity contribution in [2.75, 3.05) is 7.05 Å². The van der Waals surface area contributed by atoms with Crippen molar-refractivity contribution >= 4 is 17.3 Å². The maximum atomic E-state index is 6.70. The molecule has 0 aromatic heterocycles. The van der Waals surface area contributed by atoms with E-state index in [-0.39, 0.29) is 6.04 Å². The number of hydrogen-bond donors (Lipinski definition) is 1. The summed E-state index contributed by atoms with van der Waals surface area (Å²) in [5.74, 6) is 0. The average molecular weight is 421 g/mol. The van der Waals surface area contributed by atoms with Crippen molar-refractivity contribution in [3.63, 3.8) is 0 Å². The Morgan fingerprint density at radius 3 is 2.43 bits per heavy atom. The SMILES string of the molecule is C=C1C(C)=CC(N2C(=C)C(N)=C(C(CC)=NC3CC3)C2c2ccc(Cl)cc2)=CN1C. The summed E-state index contributed by atoms with van der Waals surface area (Å²) in [7, 11) is 2.01. The van der Waals surface area contributed by atoms with E-state index < -0.39 is 0 Å². The molecule has 4 nitrogen and oxygen atoms in total. The summed E-state index contributed by atoms with van der Waals surface area (Å²) in [6.07, 6.45) is 7.39. The van der Waals surface area contributed by atoms with Crippen LogP contribution in [-0.4, -0.2) is 28.6 Å². The highest BCUT2D eigenvalue weighted by Gasteiger charge is 2.40. The smallest absolute Gasteiger partial charge is 0.0884 e. The van der Waals surface area contributed by atoms with Gasteiger partial charge in [-0.3, -0.25) is 4.99 Å². The fourth-order valence-electron chi connectivity index (χ4n) is 4.10. The third-order valence-electron chi connectivity index (χ3n) is 5.99. The second-order valence-electron chi connectivity index (χ2n) is 8.20. The number of nitrogens with zero attached hydrogens (tertiary/aromatic N) is 3. The molecule has 2 heterocycles. The van der Waals surface area contributed by atoms with Crippen LogP contribution in [0.4, 0.5) is 0 Å². The molecule has 2 aliphatic heterocycles. The van der Waals surface area contributed by atoms with Crippen LogP contribution in [-0.2, 0) is 0 Å². The molecule has 156 valence electrons. The summed E-state index contributed by atoms with van der Waals surface area (Å²) in [6.45, 7) is 12.7. The molecule has 1 saturated carbocycles. The van der Waals surface area contributed by atoms with Crippen LogP contribution in [0.2, 0.25) is 5.02 Å². The fraction of sp³-hybridized carbons (Fsp3) is 0.320. The van der Waals surface area contributed by atoms with E-state index in [0.29, 0.717) is 11.1 Å². The zero-order chi connectivity index (χ0) is 21.6. The molecule has 0 spiro atoms. The minimum absolute atomic E-state index is 0.0951. The van der Waals surface area contributed by atoms with Crippen molar-refractivity contribution < 1.29 is 0 Å². The van der Waals surface area contributed by atoms with Gasteiger partial charge < -0.3 is 15.5 Å². The van der Waals surface area contributed by atoms with Gasteiger partial charge in [-0.2, -0.15) is 0 Å². The van der Waals surface area contributed by atoms with Crippen molar-refractivity contribution in [2.45, 2.75) is 45.2 Å². The molecule has 1 atom stereocenters. The van der Waals surface area contributed by atoms with Gasteiger partial charge in [0.15, 0.2) is 0 Å². The molecule has 1 fully saturated rings. The number of allylic oxidation sites excluding steroid dienone is 2. The van der Waals surface area contributed by atoms with Crippen molar-refractivity contribution in [1.82, 2.24) is 9.80 Å². The summed E-state index contributed by atoms with van der Waals surface area (Å²) < 4.78 is 0. The minimum Gasteiger partial charge on any atom is -0.397 e. The Kier molecular flexibility index (Phi) is 5.37. The van der Waals surface area contributed by atoms with E-state index in [2.05, 4.69) is 56.3 Å². The molecule has 0 radical (unpaired) electrons. The first-order chi connectivity index (χ1) is 14.3. The number of halogens is 1. The molecule has 1 aliphatic carbocycles. The van der Waals surface area contributed by atoms with E-state index in [4.69, 9.17) is 22.3 Å². The number of rotatable bonds is 5. The molecule has 0 amide bonds. The van der Waals surface area contributed by atoms with Gasteiger partial charge in [-0.25, -0.2) is 0 Å². The van der Waals surface area contributed by atoms with Gasteiger partial charge in [-0.15, -0.1) is 0 Å². The topological polar surface area (TPSA) is 44.9 Å². The highest BCUT2D eigenvalue weighted by atomic mass is 35.5. The van der Waals surface area contributed by atoms with Gasteiger partial charge >= 0.3 is 0 Å². The van der Waals surface area contributed by atoms with Gasteiger partial charge in [0.25, 0.3) is 0 Å². The molecule has 1 unspecified atom stereocenters. The Bertz CT molecular complexity index is 1020. The Hall–Kier alpha value is -2.72. The summed E-state index contributed by atoms with van der Waals surface area (Å²) in [5.41, 5.74) is 14.6. The first-order valence-corrected chi connectivity index (χ1v) is 10.8. The summed E-state index contributed by atoms with van der Waals surface area (Å²) >= 11 is 6.19. The first kappa shape index (κ1) is 20.5. The average Bonchev–Trinajstić information content (AvgIpc) is 3.50. The number of likely N-dealkylation sites (N-methyl/N-ethyl adjacent to an activating group) is 1. The van der Waals surface area contributed by atoms with Gasteiger partial charge in [-0.1, -0.05) is 43.8 Å². The number of benzene rings is 1. The lowest BCUT2D eigenvalue weighted by Crippen LogP contribution is -2.28. The second kappa shape index (κ2) is 7.84. The zero-order valence-electron chi connectivity index (χ0n) is 18.0. The maximum Gasteiger partial charge on any atom is 0.0884 e. The third-order valence-corrected chi connectivity index (χ3v) is 6.24. The highest BCUT2D eigenvalue weighted by molar-refractivity contribution is 6.30. The summed E-state index contributed by atoms with van der Waals surface area (Å²) in [6, 6.07) is 8.33. The van der Waals surface area contributed by atoms with Crippen molar-refractivity contribution in [2.24, 2.45) is 10.7 Å². The number of hydrogen-bond acceptors (Lipinski definition) is 4. The Balaban J connectivity index is 1.86. The molecule has 0 bridgehead atoms. The van der Waals surface area contributed by atoms with Crippen LogP contribution in [0, 0.1) is 0 Å². The van der Waals surface area contributed by atoms with E-state index in [1.54, 1.807) is 0 Å². The normalized spacial score (nSPS) is 22.7. The van der Waals surface area contributed by atoms with E-state index in [9.17, 15) is 0 Å². The monoisotopic (exact) mass is 420 g/mol. The standard InChI is InChI=1S/C25H29ClN4/c1-6-22(28-20-11-12-20)23-24(27)17(4)30(21-13-15(2)16(3)29(5)14-21)25(23)18-7-9-19(26)10-8-18/h7-10,13-14,20,25H,3-4,6,11-12,27H2,1-2,5H3. The van der Waals surface area contributed by atoms with Gasteiger partial charge in [0.05, 0.1) is 29.2 Å². The fourth-order valence-corrected chi connectivity index (χ4v) is 4.23. The Labute approximate surface area is 184 Å². The van der Waals surface area contributed by atoms with Crippen molar-refractivity contribution in [1.29, 1.82) is 0 Å². The molecule has 2 N–H and O–H groups in total. The molecule has 5 heteroatoms. The van der Waals surface area contributed by atoms with Crippen LogP contribution in [0.1, 0.15) is 44.7 Å². The number of aliphatic imine (C=N–C) groups is 1. The number of nitrogens with two attached hydrogens (primary N) is 1. The molecule has 30 heavy (non-hydrogen) atoms. The van der Waals surface area contributed by atoms with Crippen molar-refractivity contribution in [3.05, 3.63) is 94.2 Å². The molecule has 1 aromatic rings. The molecule has 0 saturated heterocycles. The van der Waals surface area contributed by atoms with Crippen LogP contribution in [0.15, 0.2) is 88.6 Å². The van der Waals surface area contributed by atoms with E-state index in [1.807, 2.05) is 24.1 Å². The molecule has 1 aromatic carbocycles. The molecule has 3 aliphatic rings. The second-order valence-corrected chi connectivity index (χ2v) is 8.63. The van der Waals surface area contributed by atoms with Crippen LogP contribution in [0.5, 0.6) is 0 Å². The lowest BCUT2D eigenvalue weighted by molar-refractivity contribution is 0.389. The third kappa shape index (κ3) is 3.61. The van der Waals surface area contributed by atoms with Crippen molar-refractivity contribution in [3.8, 4) is 0 Å². The van der Waals surface area contributed by atoms with Gasteiger partial charge in [-0.05, 0) is 55.5 Å². The van der Waals surface area contributed by atoms with Crippen LogP contribution >= 0.6 is 11.6 Å². The molecular weight excluding hydrogens is 392 g/mol. The summed E-state index contributed by atoms with van der Waals surface area (Å²) in [4.78, 5) is 9.28. The lowest BCUT2D eigenvalue weighted by Gasteiger charge is -2.35. The minimum atomic E-state index is -0.0951.